The van der Waals surface area contributed by atoms with Gasteiger partial charge in [-0.2, -0.15) is 5.10 Å². The molecule has 0 atom stereocenters. The van der Waals surface area contributed by atoms with E-state index in [0.29, 0.717) is 12.4 Å². The van der Waals surface area contributed by atoms with Gasteiger partial charge in [-0.1, -0.05) is 25.1 Å². The van der Waals surface area contributed by atoms with Crippen LogP contribution in [0.4, 0.5) is 10.6 Å². The number of carboxylic acid groups (broad SMARTS) is 1. The van der Waals surface area contributed by atoms with Gasteiger partial charge in [0, 0.05) is 18.2 Å². The number of hydrogen-bond acceptors (Lipinski definition) is 4. The summed E-state index contributed by atoms with van der Waals surface area (Å²) in [6, 6.07) is 9.55. The number of aromatic nitrogens is 2. The number of benzene rings is 1. The molecule has 1 saturated carbocycles. The first-order valence-electron chi connectivity index (χ1n) is 9.11. The topological polar surface area (TPSA) is 99.5 Å². The summed E-state index contributed by atoms with van der Waals surface area (Å²) < 4.78 is 1.70. The molecular formula is C19H25N5O3. The predicted molar refractivity (Wildman–Crippen MR) is 102 cm³/mol. The molecule has 1 fully saturated rings. The summed E-state index contributed by atoms with van der Waals surface area (Å²) in [5.74, 6) is -0.228. The Morgan fingerprint density at radius 3 is 2.70 bits per heavy atom. The second kappa shape index (κ2) is 8.22. The number of amides is 2. The summed E-state index contributed by atoms with van der Waals surface area (Å²) in [4.78, 5) is 25.2. The Morgan fingerprint density at radius 2 is 2.04 bits per heavy atom. The number of rotatable bonds is 7. The van der Waals surface area contributed by atoms with Crippen molar-refractivity contribution >= 4 is 17.8 Å². The van der Waals surface area contributed by atoms with Crippen LogP contribution in [0.2, 0.25) is 0 Å². The third-order valence-electron chi connectivity index (χ3n) is 4.94. The second-order valence-corrected chi connectivity index (χ2v) is 6.79. The molecule has 3 rings (SSSR count). The van der Waals surface area contributed by atoms with E-state index in [9.17, 15) is 9.59 Å². The zero-order valence-electron chi connectivity index (χ0n) is 15.6. The van der Waals surface area contributed by atoms with E-state index in [1.165, 1.54) is 0 Å². The molecule has 1 aliphatic carbocycles. The molecule has 2 aromatic rings. The fourth-order valence-electron chi connectivity index (χ4n) is 3.41. The molecule has 27 heavy (non-hydrogen) atoms. The van der Waals surface area contributed by atoms with Gasteiger partial charge in [-0.05, 0) is 37.9 Å². The Hall–Kier alpha value is -2.87. The number of aliphatic carboxylic acids is 1. The van der Waals surface area contributed by atoms with Gasteiger partial charge in [-0.15, -0.1) is 0 Å². The largest absolute Gasteiger partial charge is 0.480 e. The highest BCUT2D eigenvalue weighted by molar-refractivity contribution is 5.89. The minimum Gasteiger partial charge on any atom is -0.480 e. The number of para-hydroxylation sites is 1. The number of urea groups is 1. The van der Waals surface area contributed by atoms with Crippen molar-refractivity contribution in [3.63, 3.8) is 0 Å². The van der Waals surface area contributed by atoms with Gasteiger partial charge >= 0.3 is 12.0 Å². The molecule has 8 heteroatoms. The maximum atomic E-state index is 12.3. The molecule has 2 amide bonds. The summed E-state index contributed by atoms with van der Waals surface area (Å²) in [6.07, 6.45) is 3.16. The lowest BCUT2D eigenvalue weighted by atomic mass is 9.85. The van der Waals surface area contributed by atoms with E-state index in [0.717, 1.165) is 24.1 Å². The van der Waals surface area contributed by atoms with E-state index in [1.54, 1.807) is 16.9 Å². The zero-order chi connectivity index (χ0) is 19.4. The van der Waals surface area contributed by atoms with Gasteiger partial charge in [0.05, 0.1) is 18.4 Å². The number of carboxylic acids is 1. The van der Waals surface area contributed by atoms with Crippen LogP contribution in [0.25, 0.3) is 5.69 Å². The summed E-state index contributed by atoms with van der Waals surface area (Å²) in [7, 11) is 0. The van der Waals surface area contributed by atoms with Crippen molar-refractivity contribution < 1.29 is 14.7 Å². The number of nitrogens with one attached hydrogen (secondary N) is 2. The van der Waals surface area contributed by atoms with Crippen molar-refractivity contribution in [2.45, 2.75) is 38.8 Å². The Labute approximate surface area is 158 Å². The van der Waals surface area contributed by atoms with Gasteiger partial charge in [0.2, 0.25) is 0 Å². The van der Waals surface area contributed by atoms with Crippen LogP contribution in [0.3, 0.4) is 0 Å². The average molecular weight is 371 g/mol. The minimum atomic E-state index is -0.824. The molecule has 0 spiro atoms. The van der Waals surface area contributed by atoms with Crippen molar-refractivity contribution in [1.29, 1.82) is 0 Å². The number of anilines is 1. The third-order valence-corrected chi connectivity index (χ3v) is 4.94. The van der Waals surface area contributed by atoms with Crippen molar-refractivity contribution in [2.75, 3.05) is 18.4 Å². The molecule has 1 heterocycles. The normalized spacial score (nSPS) is 18.8. The lowest BCUT2D eigenvalue weighted by molar-refractivity contribution is -0.139. The number of nitrogens with zero attached hydrogens (tertiary/aromatic N) is 3. The Bertz CT molecular complexity index is 813. The van der Waals surface area contributed by atoms with E-state index in [2.05, 4.69) is 15.7 Å². The van der Waals surface area contributed by atoms with Crippen LogP contribution in [-0.2, 0) is 4.79 Å². The number of hydrogen-bond donors (Lipinski definition) is 3. The molecule has 0 saturated heterocycles. The fourth-order valence-corrected chi connectivity index (χ4v) is 3.41. The van der Waals surface area contributed by atoms with E-state index in [4.69, 9.17) is 5.11 Å². The predicted octanol–water partition coefficient (Wildman–Crippen LogP) is 2.24. The average Bonchev–Trinajstić information content (AvgIpc) is 3.04. The summed E-state index contributed by atoms with van der Waals surface area (Å²) in [5.41, 5.74) is 1.97. The molecule has 1 aliphatic rings. The highest BCUT2D eigenvalue weighted by atomic mass is 16.4. The maximum Gasteiger partial charge on any atom is 0.320 e. The smallest absolute Gasteiger partial charge is 0.320 e. The summed E-state index contributed by atoms with van der Waals surface area (Å²) in [6.45, 7) is 4.66. The van der Waals surface area contributed by atoms with Crippen LogP contribution in [0, 0.1) is 6.92 Å². The van der Waals surface area contributed by atoms with Crippen LogP contribution in [-0.4, -0.2) is 57.0 Å². The SMILES string of the molecule is CCN(CC(=O)O)C1CC(NC(=O)Nc2ccnn2-c2ccccc2C)C1. The first kappa shape index (κ1) is 18.9. The molecule has 8 nitrogen and oxygen atoms in total. The van der Waals surface area contributed by atoms with E-state index < -0.39 is 5.97 Å². The number of carbonyl (C=O) groups is 2. The van der Waals surface area contributed by atoms with Crippen LogP contribution < -0.4 is 10.6 Å². The van der Waals surface area contributed by atoms with Crippen LogP contribution in [0.5, 0.6) is 0 Å². The maximum absolute atomic E-state index is 12.3. The van der Waals surface area contributed by atoms with Crippen molar-refractivity contribution in [2.24, 2.45) is 0 Å². The Balaban J connectivity index is 1.54. The minimum absolute atomic E-state index is 0.0374. The number of carbonyl (C=O) groups excluding carboxylic acids is 1. The standard InChI is InChI=1S/C19H25N5O3/c1-3-23(12-18(25)26)15-10-14(11-15)21-19(27)22-17-8-9-20-24(17)16-7-5-4-6-13(16)2/h4-9,14-15H,3,10-12H2,1-2H3,(H,25,26)(H2,21,22,27). The molecule has 1 aromatic carbocycles. The third kappa shape index (κ3) is 4.46. The van der Waals surface area contributed by atoms with Gasteiger partial charge in [-0.3, -0.25) is 15.0 Å². The van der Waals surface area contributed by atoms with Crippen LogP contribution in [0.15, 0.2) is 36.5 Å². The van der Waals surface area contributed by atoms with Crippen LogP contribution in [0.1, 0.15) is 25.3 Å². The lowest BCUT2D eigenvalue weighted by Crippen LogP contribution is -2.55. The first-order chi connectivity index (χ1) is 13.0. The van der Waals surface area contributed by atoms with Crippen LogP contribution >= 0.6 is 0 Å². The molecule has 144 valence electrons. The number of aryl methyl sites for hydroxylation is 1. The van der Waals surface area contributed by atoms with Crippen molar-refractivity contribution in [1.82, 2.24) is 20.0 Å². The van der Waals surface area contributed by atoms with Gasteiger partial charge in [0.15, 0.2) is 0 Å². The quantitative estimate of drug-likeness (QED) is 0.693. The molecule has 3 N–H and O–H groups in total. The first-order valence-corrected chi connectivity index (χ1v) is 9.11. The van der Waals surface area contributed by atoms with Crippen molar-refractivity contribution in [3.8, 4) is 5.69 Å². The second-order valence-electron chi connectivity index (χ2n) is 6.79. The monoisotopic (exact) mass is 371 g/mol. The molecule has 0 aliphatic heterocycles. The zero-order valence-corrected chi connectivity index (χ0v) is 15.6. The highest BCUT2D eigenvalue weighted by Gasteiger charge is 2.34. The van der Waals surface area contributed by atoms with Gasteiger partial charge < -0.3 is 10.4 Å². The van der Waals surface area contributed by atoms with Crippen molar-refractivity contribution in [3.05, 3.63) is 42.1 Å². The van der Waals surface area contributed by atoms with Gasteiger partial charge in [-0.25, -0.2) is 9.48 Å². The summed E-state index contributed by atoms with van der Waals surface area (Å²) >= 11 is 0. The Morgan fingerprint density at radius 1 is 1.30 bits per heavy atom. The van der Waals surface area contributed by atoms with Gasteiger partial charge in [0.25, 0.3) is 0 Å². The van der Waals surface area contributed by atoms with E-state index in [-0.39, 0.29) is 24.7 Å². The summed E-state index contributed by atoms with van der Waals surface area (Å²) in [5, 5.41) is 19.0. The molecular weight excluding hydrogens is 346 g/mol. The molecule has 0 radical (unpaired) electrons. The molecule has 1 aromatic heterocycles. The van der Waals surface area contributed by atoms with E-state index in [1.807, 2.05) is 43.0 Å². The molecule has 0 bridgehead atoms. The fraction of sp³-hybridized carbons (Fsp3) is 0.421. The molecule has 0 unspecified atom stereocenters. The Kier molecular flexibility index (Phi) is 5.75. The lowest BCUT2D eigenvalue weighted by Gasteiger charge is -2.42. The van der Waals surface area contributed by atoms with Gasteiger partial charge in [0.1, 0.15) is 5.82 Å². The highest BCUT2D eigenvalue weighted by Crippen LogP contribution is 2.26. The van der Waals surface area contributed by atoms with E-state index >= 15 is 0 Å². The number of likely N-dealkylation sites (N-methyl/N-ethyl adjacent to an activating group) is 1.